The van der Waals surface area contributed by atoms with Crippen molar-refractivity contribution in [3.8, 4) is 0 Å². The minimum absolute atomic E-state index is 0.0146. The Balaban J connectivity index is 2.03. The molecular weight excluding hydrogens is 608 g/mol. The van der Waals surface area contributed by atoms with Gasteiger partial charge in [-0.05, 0) is 90.0 Å². The summed E-state index contributed by atoms with van der Waals surface area (Å²) >= 11 is 2.12. The molecule has 2 amide bonds. The zero-order valence-corrected chi connectivity index (χ0v) is 23.6. The van der Waals surface area contributed by atoms with E-state index in [4.69, 9.17) is 0 Å². The molecule has 0 aliphatic heterocycles. The molecule has 0 fully saturated rings. The summed E-state index contributed by atoms with van der Waals surface area (Å²) in [5.74, 6) is -1.32. The number of nitrogens with one attached hydrogen (secondary N) is 1. The SMILES string of the molecule is CCNC(=O)[C@@H](CC)N(Cc1ccc(F)cc1)C(=O)CN(c1ccc(I)cc1)S(=O)(=O)c1ccccc1. The molecule has 0 heterocycles. The topological polar surface area (TPSA) is 86.8 Å². The maximum absolute atomic E-state index is 13.8. The van der Waals surface area contributed by atoms with Crippen molar-refractivity contribution in [2.75, 3.05) is 17.4 Å². The summed E-state index contributed by atoms with van der Waals surface area (Å²) in [5, 5.41) is 2.75. The monoisotopic (exact) mass is 637 g/mol. The third-order valence-corrected chi connectivity index (χ3v) is 8.24. The van der Waals surface area contributed by atoms with Gasteiger partial charge in [-0.15, -0.1) is 0 Å². The highest BCUT2D eigenvalue weighted by molar-refractivity contribution is 14.1. The van der Waals surface area contributed by atoms with Crippen molar-refractivity contribution in [1.29, 1.82) is 0 Å². The second-order valence-electron chi connectivity index (χ2n) is 8.27. The molecule has 0 saturated carbocycles. The van der Waals surface area contributed by atoms with Crippen molar-refractivity contribution in [3.05, 3.63) is 93.8 Å². The van der Waals surface area contributed by atoms with Crippen molar-refractivity contribution in [2.45, 2.75) is 37.8 Å². The van der Waals surface area contributed by atoms with Gasteiger partial charge in [-0.1, -0.05) is 37.3 Å². The molecule has 0 aromatic heterocycles. The van der Waals surface area contributed by atoms with Crippen LogP contribution < -0.4 is 9.62 Å². The maximum atomic E-state index is 13.8. The Bertz CT molecular complexity index is 1300. The fourth-order valence-corrected chi connectivity index (χ4v) is 5.65. The number of amides is 2. The fourth-order valence-electron chi connectivity index (χ4n) is 3.85. The van der Waals surface area contributed by atoms with Gasteiger partial charge in [0.1, 0.15) is 18.4 Å². The number of rotatable bonds is 11. The van der Waals surface area contributed by atoms with E-state index < -0.39 is 34.3 Å². The third kappa shape index (κ3) is 7.29. The minimum Gasteiger partial charge on any atom is -0.355 e. The van der Waals surface area contributed by atoms with Crippen LogP contribution in [0.15, 0.2) is 83.8 Å². The number of sulfonamides is 1. The number of benzene rings is 3. The van der Waals surface area contributed by atoms with Gasteiger partial charge in [0.2, 0.25) is 11.8 Å². The molecule has 0 aliphatic carbocycles. The van der Waals surface area contributed by atoms with Crippen LogP contribution in [0.5, 0.6) is 0 Å². The summed E-state index contributed by atoms with van der Waals surface area (Å²) in [5.41, 5.74) is 0.939. The van der Waals surface area contributed by atoms with E-state index >= 15 is 0 Å². The summed E-state index contributed by atoms with van der Waals surface area (Å²) in [6.07, 6.45) is 0.313. The number of nitrogens with zero attached hydrogens (tertiary/aromatic N) is 2. The van der Waals surface area contributed by atoms with E-state index in [0.29, 0.717) is 24.2 Å². The maximum Gasteiger partial charge on any atom is 0.264 e. The summed E-state index contributed by atoms with van der Waals surface area (Å²) in [4.78, 5) is 28.1. The predicted octanol–water partition coefficient (Wildman–Crippen LogP) is 4.57. The van der Waals surface area contributed by atoms with Crippen LogP contribution in [0, 0.1) is 9.39 Å². The predicted molar refractivity (Wildman–Crippen MR) is 150 cm³/mol. The first-order valence-corrected chi connectivity index (χ1v) is 14.3. The lowest BCUT2D eigenvalue weighted by molar-refractivity contribution is -0.140. The van der Waals surface area contributed by atoms with Crippen LogP contribution in [0.25, 0.3) is 0 Å². The second-order valence-corrected chi connectivity index (χ2v) is 11.4. The molecule has 196 valence electrons. The summed E-state index contributed by atoms with van der Waals surface area (Å²) in [6.45, 7) is 3.44. The molecule has 0 aliphatic rings. The highest BCUT2D eigenvalue weighted by Crippen LogP contribution is 2.25. The van der Waals surface area contributed by atoms with E-state index in [-0.39, 0.29) is 17.3 Å². The van der Waals surface area contributed by atoms with Crippen LogP contribution in [0.3, 0.4) is 0 Å². The lowest BCUT2D eigenvalue weighted by Gasteiger charge is -2.33. The van der Waals surface area contributed by atoms with Crippen molar-refractivity contribution in [1.82, 2.24) is 10.2 Å². The number of anilines is 1. The van der Waals surface area contributed by atoms with Gasteiger partial charge in [-0.3, -0.25) is 13.9 Å². The summed E-state index contributed by atoms with van der Waals surface area (Å²) in [7, 11) is -4.10. The molecule has 1 atom stereocenters. The van der Waals surface area contributed by atoms with Gasteiger partial charge in [0.05, 0.1) is 10.6 Å². The quantitative estimate of drug-likeness (QED) is 0.313. The number of hydrogen-bond donors (Lipinski definition) is 1. The zero-order chi connectivity index (χ0) is 27.0. The molecule has 0 bridgehead atoms. The first-order chi connectivity index (χ1) is 17.7. The number of halogens is 2. The van der Waals surface area contributed by atoms with Crippen LogP contribution in [-0.4, -0.2) is 44.3 Å². The fraction of sp³-hybridized carbons (Fsp3) is 0.259. The molecule has 1 N–H and O–H groups in total. The zero-order valence-electron chi connectivity index (χ0n) is 20.6. The molecule has 7 nitrogen and oxygen atoms in total. The Kier molecular flexibility index (Phi) is 10.0. The van der Waals surface area contributed by atoms with Gasteiger partial charge in [-0.2, -0.15) is 0 Å². The van der Waals surface area contributed by atoms with E-state index in [9.17, 15) is 22.4 Å². The number of carbonyl (C=O) groups excluding carboxylic acids is 2. The Hall–Kier alpha value is -2.99. The van der Waals surface area contributed by atoms with Gasteiger partial charge in [0.15, 0.2) is 0 Å². The lowest BCUT2D eigenvalue weighted by Crippen LogP contribution is -2.52. The molecule has 0 radical (unpaired) electrons. The van der Waals surface area contributed by atoms with Crippen LogP contribution in [-0.2, 0) is 26.2 Å². The van der Waals surface area contributed by atoms with E-state index in [2.05, 4.69) is 27.9 Å². The first kappa shape index (κ1) is 28.6. The number of hydrogen-bond acceptors (Lipinski definition) is 4. The third-order valence-electron chi connectivity index (χ3n) is 5.73. The summed E-state index contributed by atoms with van der Waals surface area (Å²) in [6, 6.07) is 19.5. The molecular formula is C27H29FIN3O4S. The molecule has 37 heavy (non-hydrogen) atoms. The van der Waals surface area contributed by atoms with E-state index in [1.807, 2.05) is 0 Å². The Morgan fingerprint density at radius 1 is 0.946 bits per heavy atom. The van der Waals surface area contributed by atoms with Gasteiger partial charge in [0.25, 0.3) is 10.0 Å². The first-order valence-electron chi connectivity index (χ1n) is 11.8. The molecule has 3 aromatic rings. The Labute approximate surface area is 230 Å². The molecule has 0 spiro atoms. The highest BCUT2D eigenvalue weighted by Gasteiger charge is 2.33. The van der Waals surface area contributed by atoms with E-state index in [0.717, 1.165) is 7.88 Å². The van der Waals surface area contributed by atoms with Crippen molar-refractivity contribution >= 4 is 50.1 Å². The average Bonchev–Trinajstić information content (AvgIpc) is 2.89. The normalized spacial score (nSPS) is 12.0. The number of likely N-dealkylation sites (N-methyl/N-ethyl adjacent to an activating group) is 1. The smallest absolute Gasteiger partial charge is 0.264 e. The molecule has 0 saturated heterocycles. The van der Waals surface area contributed by atoms with Gasteiger partial charge in [0, 0.05) is 16.7 Å². The summed E-state index contributed by atoms with van der Waals surface area (Å²) < 4.78 is 42.8. The number of carbonyl (C=O) groups is 2. The standard InChI is InChI=1S/C27H29FIN3O4S/c1-3-25(27(34)30-4-2)31(18-20-10-12-21(28)13-11-20)26(33)19-32(23-16-14-22(29)15-17-23)37(35,36)24-8-6-5-7-9-24/h5-17,25H,3-4,18-19H2,1-2H3,(H,30,34)/t25-/m1/s1. The van der Waals surface area contributed by atoms with Crippen molar-refractivity contribution < 1.29 is 22.4 Å². The average molecular weight is 638 g/mol. The minimum atomic E-state index is -4.10. The lowest BCUT2D eigenvalue weighted by atomic mass is 10.1. The van der Waals surface area contributed by atoms with Crippen LogP contribution in [0.2, 0.25) is 0 Å². The van der Waals surface area contributed by atoms with Crippen LogP contribution in [0.4, 0.5) is 10.1 Å². The van der Waals surface area contributed by atoms with Crippen LogP contribution in [0.1, 0.15) is 25.8 Å². The van der Waals surface area contributed by atoms with Crippen molar-refractivity contribution in [3.63, 3.8) is 0 Å². The molecule has 3 rings (SSSR count). The molecule has 0 unspecified atom stereocenters. The second kappa shape index (κ2) is 13.0. The molecule has 3 aromatic carbocycles. The Morgan fingerprint density at radius 2 is 1.57 bits per heavy atom. The molecule has 10 heteroatoms. The van der Waals surface area contributed by atoms with E-state index in [1.165, 1.54) is 41.3 Å². The van der Waals surface area contributed by atoms with Crippen LogP contribution >= 0.6 is 22.6 Å². The van der Waals surface area contributed by atoms with Gasteiger partial charge >= 0.3 is 0 Å². The van der Waals surface area contributed by atoms with Crippen molar-refractivity contribution in [2.24, 2.45) is 0 Å². The highest BCUT2D eigenvalue weighted by atomic mass is 127. The largest absolute Gasteiger partial charge is 0.355 e. The van der Waals surface area contributed by atoms with Gasteiger partial charge < -0.3 is 10.2 Å². The van der Waals surface area contributed by atoms with Gasteiger partial charge in [-0.25, -0.2) is 12.8 Å². The Morgan fingerprint density at radius 3 is 2.14 bits per heavy atom. The van der Waals surface area contributed by atoms with E-state index in [1.54, 1.807) is 56.3 Å².